The molecule has 0 saturated heterocycles. The number of benzene rings is 2. The number of cyclic esters (lactones) is 1. The Balaban J connectivity index is 1.80. The predicted octanol–water partition coefficient (Wildman–Crippen LogP) is 3.86. The topological polar surface area (TPSA) is 124 Å². The molecule has 2 aliphatic rings. The fourth-order valence-electron chi connectivity index (χ4n) is 4.61. The average molecular weight is 544 g/mol. The number of esters is 3. The van der Waals surface area contributed by atoms with E-state index in [1.165, 1.54) is 25.1 Å². The standard InChI is InChI=1S/C30H29N3O7/c1-6-39-30(37)25-18(3)31-17(2)24(29(36)38-5)26(25)21-13-10-14-22(15-21)33(19(4)34)16-23-28(35)40-27(32-23)20-11-8-7-9-12-20/h7-16,26,31H,6H2,1-5H3/b23-16-. The molecule has 0 radical (unpaired) electrons. The van der Waals surface area contributed by atoms with Crippen molar-refractivity contribution in [2.24, 2.45) is 4.99 Å². The van der Waals surface area contributed by atoms with Crippen LogP contribution in [0.4, 0.5) is 5.69 Å². The Morgan fingerprint density at radius 1 is 1.02 bits per heavy atom. The number of carbonyl (C=O) groups excluding carboxylic acids is 4. The highest BCUT2D eigenvalue weighted by molar-refractivity contribution is 6.11. The third-order valence-electron chi connectivity index (χ3n) is 6.37. The second-order valence-corrected chi connectivity index (χ2v) is 9.02. The lowest BCUT2D eigenvalue weighted by molar-refractivity contribution is -0.139. The van der Waals surface area contributed by atoms with Crippen LogP contribution in [0.5, 0.6) is 0 Å². The van der Waals surface area contributed by atoms with Gasteiger partial charge in [-0.2, -0.15) is 0 Å². The molecule has 0 spiro atoms. The first kappa shape index (κ1) is 28.0. The quantitative estimate of drug-likeness (QED) is 0.317. The average Bonchev–Trinajstić information content (AvgIpc) is 3.31. The highest BCUT2D eigenvalue weighted by Gasteiger charge is 2.38. The number of hydrogen-bond acceptors (Lipinski definition) is 9. The molecular weight excluding hydrogens is 514 g/mol. The van der Waals surface area contributed by atoms with Crippen molar-refractivity contribution in [2.45, 2.75) is 33.6 Å². The van der Waals surface area contributed by atoms with Crippen LogP contribution < -0.4 is 10.2 Å². The molecule has 2 aliphatic heterocycles. The number of dihydropyridines is 1. The van der Waals surface area contributed by atoms with Crippen LogP contribution in [0.25, 0.3) is 0 Å². The molecular formula is C30H29N3O7. The number of carbonyl (C=O) groups is 4. The molecule has 1 unspecified atom stereocenters. The summed E-state index contributed by atoms with van der Waals surface area (Å²) < 4.78 is 15.7. The number of anilines is 1. The van der Waals surface area contributed by atoms with Crippen LogP contribution in [0.2, 0.25) is 0 Å². The van der Waals surface area contributed by atoms with Gasteiger partial charge in [-0.15, -0.1) is 0 Å². The number of nitrogens with zero attached hydrogens (tertiary/aromatic N) is 2. The number of nitrogens with one attached hydrogen (secondary N) is 1. The van der Waals surface area contributed by atoms with E-state index in [-0.39, 0.29) is 29.3 Å². The molecule has 2 heterocycles. The van der Waals surface area contributed by atoms with E-state index >= 15 is 0 Å². The molecule has 10 heteroatoms. The van der Waals surface area contributed by atoms with Gasteiger partial charge in [-0.3, -0.25) is 9.69 Å². The molecule has 0 saturated carbocycles. The zero-order chi connectivity index (χ0) is 29.0. The van der Waals surface area contributed by atoms with Crippen LogP contribution in [0, 0.1) is 0 Å². The molecule has 2 aromatic rings. The van der Waals surface area contributed by atoms with Crippen molar-refractivity contribution in [1.82, 2.24) is 5.32 Å². The summed E-state index contributed by atoms with van der Waals surface area (Å²) in [6.07, 6.45) is 1.30. The fraction of sp³-hybridized carbons (Fsp3) is 0.233. The first-order valence-electron chi connectivity index (χ1n) is 12.6. The van der Waals surface area contributed by atoms with Crippen molar-refractivity contribution in [2.75, 3.05) is 18.6 Å². The maximum absolute atomic E-state index is 13.1. The second-order valence-electron chi connectivity index (χ2n) is 9.02. The monoisotopic (exact) mass is 543 g/mol. The van der Waals surface area contributed by atoms with Gasteiger partial charge in [-0.1, -0.05) is 30.3 Å². The summed E-state index contributed by atoms with van der Waals surface area (Å²) in [5.74, 6) is -3.01. The number of amides is 1. The summed E-state index contributed by atoms with van der Waals surface area (Å²) in [6, 6.07) is 15.7. The second kappa shape index (κ2) is 11.8. The number of allylic oxidation sites excluding steroid dienone is 2. The van der Waals surface area contributed by atoms with E-state index in [1.54, 1.807) is 69.3 Å². The Kier molecular flexibility index (Phi) is 8.28. The lowest BCUT2D eigenvalue weighted by atomic mass is 9.80. The Hall–Kier alpha value is -4.99. The van der Waals surface area contributed by atoms with Crippen molar-refractivity contribution in [3.05, 3.63) is 100 Å². The van der Waals surface area contributed by atoms with Crippen molar-refractivity contribution >= 4 is 35.4 Å². The zero-order valence-electron chi connectivity index (χ0n) is 22.8. The fourth-order valence-corrected chi connectivity index (χ4v) is 4.61. The summed E-state index contributed by atoms with van der Waals surface area (Å²) >= 11 is 0. The van der Waals surface area contributed by atoms with E-state index in [2.05, 4.69) is 10.3 Å². The minimum atomic E-state index is -0.840. The van der Waals surface area contributed by atoms with Crippen LogP contribution in [-0.4, -0.2) is 43.4 Å². The van der Waals surface area contributed by atoms with E-state index in [1.807, 2.05) is 6.07 Å². The van der Waals surface area contributed by atoms with Gasteiger partial charge in [-0.25, -0.2) is 19.4 Å². The van der Waals surface area contributed by atoms with Gasteiger partial charge >= 0.3 is 17.9 Å². The molecule has 10 nitrogen and oxygen atoms in total. The van der Waals surface area contributed by atoms with E-state index in [0.29, 0.717) is 28.2 Å². The zero-order valence-corrected chi connectivity index (χ0v) is 22.8. The Bertz CT molecular complexity index is 1500. The number of hydrogen-bond donors (Lipinski definition) is 1. The van der Waals surface area contributed by atoms with Gasteiger partial charge in [0.1, 0.15) is 0 Å². The van der Waals surface area contributed by atoms with E-state index in [4.69, 9.17) is 14.2 Å². The van der Waals surface area contributed by atoms with Crippen molar-refractivity contribution < 1.29 is 33.4 Å². The minimum absolute atomic E-state index is 0.0599. The Morgan fingerprint density at radius 3 is 2.33 bits per heavy atom. The Morgan fingerprint density at radius 2 is 1.70 bits per heavy atom. The molecule has 1 amide bonds. The van der Waals surface area contributed by atoms with Crippen LogP contribution >= 0.6 is 0 Å². The SMILES string of the molecule is CCOC(=O)C1=C(C)NC(C)=C(C(=O)OC)C1c1cccc(N(/C=C2\N=C(c3ccccc3)OC2=O)C(C)=O)c1. The number of ether oxygens (including phenoxy) is 3. The van der Waals surface area contributed by atoms with E-state index < -0.39 is 29.7 Å². The maximum atomic E-state index is 13.1. The molecule has 0 fully saturated rings. The number of aliphatic imine (C=N–C) groups is 1. The van der Waals surface area contributed by atoms with Gasteiger partial charge in [0.2, 0.25) is 11.8 Å². The third kappa shape index (κ3) is 5.56. The smallest absolute Gasteiger partial charge is 0.365 e. The van der Waals surface area contributed by atoms with Gasteiger partial charge in [-0.05, 0) is 50.6 Å². The summed E-state index contributed by atoms with van der Waals surface area (Å²) in [4.78, 5) is 56.9. The molecule has 2 aromatic carbocycles. The Labute approximate surface area is 231 Å². The third-order valence-corrected chi connectivity index (χ3v) is 6.37. The lowest BCUT2D eigenvalue weighted by Gasteiger charge is -2.30. The molecule has 206 valence electrons. The highest BCUT2D eigenvalue weighted by atomic mass is 16.6. The van der Waals surface area contributed by atoms with Crippen molar-refractivity contribution in [3.8, 4) is 0 Å². The van der Waals surface area contributed by atoms with Crippen LogP contribution in [0.15, 0.2) is 94.0 Å². The molecule has 40 heavy (non-hydrogen) atoms. The van der Waals surface area contributed by atoms with Gasteiger partial charge in [0.05, 0.1) is 30.8 Å². The first-order valence-corrected chi connectivity index (χ1v) is 12.6. The molecule has 4 rings (SSSR count). The van der Waals surface area contributed by atoms with Crippen LogP contribution in [-0.2, 0) is 33.4 Å². The lowest BCUT2D eigenvalue weighted by Crippen LogP contribution is -2.32. The summed E-state index contributed by atoms with van der Waals surface area (Å²) in [7, 11) is 1.26. The number of rotatable bonds is 7. The molecule has 0 bridgehead atoms. The van der Waals surface area contributed by atoms with Gasteiger partial charge in [0.15, 0.2) is 5.70 Å². The largest absolute Gasteiger partial charge is 0.466 e. The van der Waals surface area contributed by atoms with Crippen LogP contribution in [0.3, 0.4) is 0 Å². The van der Waals surface area contributed by atoms with E-state index in [0.717, 1.165) is 0 Å². The van der Waals surface area contributed by atoms with Crippen molar-refractivity contribution in [3.63, 3.8) is 0 Å². The summed E-state index contributed by atoms with van der Waals surface area (Å²) in [5, 5.41) is 3.08. The highest BCUT2D eigenvalue weighted by Crippen LogP contribution is 2.40. The summed E-state index contributed by atoms with van der Waals surface area (Å²) in [5.41, 5.74) is 3.01. The normalized spacial score (nSPS) is 17.7. The van der Waals surface area contributed by atoms with Gasteiger partial charge in [0.25, 0.3) is 0 Å². The molecule has 1 N–H and O–H groups in total. The van der Waals surface area contributed by atoms with Gasteiger partial charge < -0.3 is 19.5 Å². The van der Waals surface area contributed by atoms with Gasteiger partial charge in [0, 0.05) is 35.8 Å². The molecule has 0 aliphatic carbocycles. The minimum Gasteiger partial charge on any atom is -0.466 e. The number of methoxy groups -OCH3 is 1. The van der Waals surface area contributed by atoms with Crippen molar-refractivity contribution in [1.29, 1.82) is 0 Å². The van der Waals surface area contributed by atoms with E-state index in [9.17, 15) is 19.2 Å². The van der Waals surface area contributed by atoms with Crippen LogP contribution in [0.1, 0.15) is 44.7 Å². The maximum Gasteiger partial charge on any atom is 0.365 e. The molecule has 1 atom stereocenters. The predicted molar refractivity (Wildman–Crippen MR) is 147 cm³/mol. The first-order chi connectivity index (χ1) is 19.2. The molecule has 0 aromatic heterocycles. The summed E-state index contributed by atoms with van der Waals surface area (Å²) in [6.45, 7) is 6.62.